The molecule has 15 heavy (non-hydrogen) atoms. The monoisotopic (exact) mass is 211 g/mol. The van der Waals surface area contributed by atoms with Crippen LogP contribution in [-0.2, 0) is 0 Å². The first-order valence-electron chi connectivity index (χ1n) is 6.46. The van der Waals surface area contributed by atoms with Crippen molar-refractivity contribution in [1.29, 1.82) is 0 Å². The summed E-state index contributed by atoms with van der Waals surface area (Å²) in [4.78, 5) is 5.06. The predicted molar refractivity (Wildman–Crippen MR) is 64.1 cm³/mol. The lowest BCUT2D eigenvalue weighted by molar-refractivity contribution is 0.144. The largest absolute Gasteiger partial charge is 0.316 e. The molecule has 0 unspecified atom stereocenters. The highest BCUT2D eigenvalue weighted by Gasteiger charge is 2.17. The SMILES string of the molecule is CN1CCN(CC[C@@H]2CCCNC2)CC1. The van der Waals surface area contributed by atoms with Crippen molar-refractivity contribution in [2.75, 3.05) is 52.9 Å². The maximum atomic E-state index is 3.50. The van der Waals surface area contributed by atoms with E-state index in [1.807, 2.05) is 0 Å². The van der Waals surface area contributed by atoms with Gasteiger partial charge in [0.2, 0.25) is 0 Å². The normalized spacial score (nSPS) is 30.6. The van der Waals surface area contributed by atoms with Crippen LogP contribution < -0.4 is 5.32 Å². The van der Waals surface area contributed by atoms with Gasteiger partial charge in [-0.15, -0.1) is 0 Å². The number of nitrogens with zero attached hydrogens (tertiary/aromatic N) is 2. The average Bonchev–Trinajstić information content (AvgIpc) is 2.30. The lowest BCUT2D eigenvalue weighted by Gasteiger charge is -2.33. The third kappa shape index (κ3) is 3.74. The highest BCUT2D eigenvalue weighted by molar-refractivity contribution is 4.73. The number of hydrogen-bond donors (Lipinski definition) is 1. The Morgan fingerprint density at radius 1 is 1.20 bits per heavy atom. The van der Waals surface area contributed by atoms with Gasteiger partial charge in [-0.3, -0.25) is 0 Å². The maximum Gasteiger partial charge on any atom is 0.0110 e. The lowest BCUT2D eigenvalue weighted by atomic mass is 9.96. The summed E-state index contributed by atoms with van der Waals surface area (Å²) in [7, 11) is 2.22. The molecule has 1 atom stereocenters. The zero-order chi connectivity index (χ0) is 10.5. The van der Waals surface area contributed by atoms with Crippen molar-refractivity contribution in [2.24, 2.45) is 5.92 Å². The molecule has 88 valence electrons. The molecule has 2 heterocycles. The van der Waals surface area contributed by atoms with Gasteiger partial charge in [0.15, 0.2) is 0 Å². The van der Waals surface area contributed by atoms with E-state index in [1.165, 1.54) is 65.1 Å². The zero-order valence-corrected chi connectivity index (χ0v) is 10.0. The van der Waals surface area contributed by atoms with E-state index < -0.39 is 0 Å². The van der Waals surface area contributed by atoms with E-state index >= 15 is 0 Å². The van der Waals surface area contributed by atoms with Gasteiger partial charge in [0, 0.05) is 26.2 Å². The molecule has 3 nitrogen and oxygen atoms in total. The summed E-state index contributed by atoms with van der Waals surface area (Å²) in [5, 5.41) is 3.50. The van der Waals surface area contributed by atoms with E-state index in [-0.39, 0.29) is 0 Å². The van der Waals surface area contributed by atoms with Crippen LogP contribution in [0.5, 0.6) is 0 Å². The lowest BCUT2D eigenvalue weighted by Crippen LogP contribution is -2.45. The number of piperazine rings is 1. The van der Waals surface area contributed by atoms with Crippen LogP contribution in [0.25, 0.3) is 0 Å². The Labute approximate surface area is 93.8 Å². The number of nitrogens with one attached hydrogen (secondary N) is 1. The molecule has 0 amide bonds. The summed E-state index contributed by atoms with van der Waals surface area (Å²) in [6.45, 7) is 8.87. The van der Waals surface area contributed by atoms with Crippen molar-refractivity contribution >= 4 is 0 Å². The summed E-state index contributed by atoms with van der Waals surface area (Å²) in [6.07, 6.45) is 4.23. The fourth-order valence-corrected chi connectivity index (χ4v) is 2.61. The maximum absolute atomic E-state index is 3.50. The minimum absolute atomic E-state index is 0.943. The van der Waals surface area contributed by atoms with Crippen LogP contribution in [-0.4, -0.2) is 62.7 Å². The van der Waals surface area contributed by atoms with Crippen molar-refractivity contribution < 1.29 is 0 Å². The Kier molecular flexibility index (Phi) is 4.42. The minimum atomic E-state index is 0.943. The first kappa shape index (κ1) is 11.4. The number of piperidine rings is 1. The summed E-state index contributed by atoms with van der Waals surface area (Å²) < 4.78 is 0. The van der Waals surface area contributed by atoms with E-state index in [9.17, 15) is 0 Å². The Balaban J connectivity index is 1.60. The Hall–Kier alpha value is -0.120. The molecule has 0 aromatic carbocycles. The minimum Gasteiger partial charge on any atom is -0.316 e. The molecule has 2 aliphatic heterocycles. The van der Waals surface area contributed by atoms with E-state index in [0.717, 1.165) is 5.92 Å². The third-order valence-electron chi connectivity index (χ3n) is 3.85. The van der Waals surface area contributed by atoms with Crippen LogP contribution in [0.3, 0.4) is 0 Å². The molecule has 0 radical (unpaired) electrons. The standard InChI is InChI=1S/C12H25N3/c1-14-7-9-15(10-8-14)6-4-12-3-2-5-13-11-12/h12-13H,2-11H2,1H3/t12-/m0/s1. The van der Waals surface area contributed by atoms with Crippen molar-refractivity contribution in [3.63, 3.8) is 0 Å². The molecule has 2 saturated heterocycles. The van der Waals surface area contributed by atoms with E-state index in [4.69, 9.17) is 0 Å². The molecule has 3 heteroatoms. The van der Waals surface area contributed by atoms with Crippen molar-refractivity contribution in [3.8, 4) is 0 Å². The molecule has 1 N–H and O–H groups in total. The van der Waals surface area contributed by atoms with Gasteiger partial charge in [0.25, 0.3) is 0 Å². The number of hydrogen-bond acceptors (Lipinski definition) is 3. The number of likely N-dealkylation sites (N-methyl/N-ethyl adjacent to an activating group) is 1. The van der Waals surface area contributed by atoms with Crippen LogP contribution in [0.2, 0.25) is 0 Å². The smallest absolute Gasteiger partial charge is 0.0110 e. The third-order valence-corrected chi connectivity index (χ3v) is 3.85. The van der Waals surface area contributed by atoms with Crippen LogP contribution in [0, 0.1) is 5.92 Å². The first-order chi connectivity index (χ1) is 7.34. The second-order valence-corrected chi connectivity index (χ2v) is 5.15. The summed E-state index contributed by atoms with van der Waals surface area (Å²) in [6, 6.07) is 0. The zero-order valence-electron chi connectivity index (χ0n) is 10.0. The second kappa shape index (κ2) is 5.83. The topological polar surface area (TPSA) is 18.5 Å². The Bertz CT molecular complexity index is 170. The fourth-order valence-electron chi connectivity index (χ4n) is 2.61. The van der Waals surface area contributed by atoms with Gasteiger partial charge < -0.3 is 15.1 Å². The van der Waals surface area contributed by atoms with Crippen molar-refractivity contribution in [2.45, 2.75) is 19.3 Å². The molecular weight excluding hydrogens is 186 g/mol. The van der Waals surface area contributed by atoms with Gasteiger partial charge in [0.1, 0.15) is 0 Å². The Morgan fingerprint density at radius 2 is 2.00 bits per heavy atom. The van der Waals surface area contributed by atoms with Crippen molar-refractivity contribution in [3.05, 3.63) is 0 Å². The average molecular weight is 211 g/mol. The molecule has 0 aromatic heterocycles. The van der Waals surface area contributed by atoms with E-state index in [0.29, 0.717) is 0 Å². The Morgan fingerprint density at radius 3 is 2.67 bits per heavy atom. The highest BCUT2D eigenvalue weighted by Crippen LogP contribution is 2.14. The van der Waals surface area contributed by atoms with Gasteiger partial charge in [-0.05, 0) is 51.9 Å². The number of rotatable bonds is 3. The highest BCUT2D eigenvalue weighted by atomic mass is 15.2. The summed E-state index contributed by atoms with van der Waals surface area (Å²) in [5.41, 5.74) is 0. The van der Waals surface area contributed by atoms with Crippen LogP contribution in [0.4, 0.5) is 0 Å². The molecule has 0 spiro atoms. The summed E-state index contributed by atoms with van der Waals surface area (Å²) >= 11 is 0. The van der Waals surface area contributed by atoms with Gasteiger partial charge in [-0.2, -0.15) is 0 Å². The van der Waals surface area contributed by atoms with Gasteiger partial charge in [-0.25, -0.2) is 0 Å². The van der Waals surface area contributed by atoms with Crippen LogP contribution in [0.1, 0.15) is 19.3 Å². The molecular formula is C12H25N3. The summed E-state index contributed by atoms with van der Waals surface area (Å²) in [5.74, 6) is 0.943. The van der Waals surface area contributed by atoms with Crippen LogP contribution >= 0.6 is 0 Å². The molecule has 0 saturated carbocycles. The molecule has 2 fully saturated rings. The molecule has 2 rings (SSSR count). The molecule has 2 aliphatic rings. The first-order valence-corrected chi connectivity index (χ1v) is 6.46. The molecule has 0 aliphatic carbocycles. The van der Waals surface area contributed by atoms with Crippen molar-refractivity contribution in [1.82, 2.24) is 15.1 Å². The van der Waals surface area contributed by atoms with E-state index in [2.05, 4.69) is 22.2 Å². The fraction of sp³-hybridized carbons (Fsp3) is 1.00. The predicted octanol–water partition coefficient (Wildman–Crippen LogP) is 0.623. The quantitative estimate of drug-likeness (QED) is 0.738. The second-order valence-electron chi connectivity index (χ2n) is 5.15. The van der Waals surface area contributed by atoms with Gasteiger partial charge in [-0.1, -0.05) is 0 Å². The molecule has 0 bridgehead atoms. The van der Waals surface area contributed by atoms with Gasteiger partial charge >= 0.3 is 0 Å². The van der Waals surface area contributed by atoms with Gasteiger partial charge in [0.05, 0.1) is 0 Å². The van der Waals surface area contributed by atoms with Crippen LogP contribution in [0.15, 0.2) is 0 Å². The molecule has 0 aromatic rings. The van der Waals surface area contributed by atoms with E-state index in [1.54, 1.807) is 0 Å².